The quantitative estimate of drug-likeness (QED) is 0.541. The molecular formula is C22H21BrN2O4. The summed E-state index contributed by atoms with van der Waals surface area (Å²) < 4.78 is 12.0. The fraction of sp³-hybridized carbons (Fsp3) is 0.182. The Bertz CT molecular complexity index is 995. The van der Waals surface area contributed by atoms with Crippen molar-refractivity contribution < 1.29 is 19.4 Å². The number of aromatic hydroxyl groups is 1. The van der Waals surface area contributed by atoms with Crippen LogP contribution in [0.1, 0.15) is 34.5 Å². The molecule has 0 aliphatic carbocycles. The van der Waals surface area contributed by atoms with Gasteiger partial charge in [-0.2, -0.15) is 0 Å². The number of phenolic OH excluding ortho intramolecular Hbond substituents is 1. The number of aromatic nitrogens is 1. The van der Waals surface area contributed by atoms with Crippen LogP contribution in [0, 0.1) is 0 Å². The molecule has 150 valence electrons. The molecular weight excluding hydrogens is 436 g/mol. The van der Waals surface area contributed by atoms with E-state index in [1.165, 1.54) is 6.07 Å². The topological polar surface area (TPSA) is 80.7 Å². The number of halogens is 1. The number of hydrogen-bond acceptors (Lipinski definition) is 5. The highest BCUT2D eigenvalue weighted by Crippen LogP contribution is 2.31. The maximum Gasteiger partial charge on any atom is 0.255 e. The smallest absolute Gasteiger partial charge is 0.255 e. The van der Waals surface area contributed by atoms with Gasteiger partial charge in [-0.15, -0.1) is 0 Å². The first-order chi connectivity index (χ1) is 14.0. The first-order valence-corrected chi connectivity index (χ1v) is 9.76. The summed E-state index contributed by atoms with van der Waals surface area (Å²) in [6, 6.07) is 13.7. The van der Waals surface area contributed by atoms with Crippen molar-refractivity contribution >= 4 is 21.8 Å². The second-order valence-corrected chi connectivity index (χ2v) is 7.33. The molecule has 1 aromatic heterocycles. The first kappa shape index (κ1) is 20.7. The Morgan fingerprint density at radius 3 is 2.62 bits per heavy atom. The van der Waals surface area contributed by atoms with Crippen molar-refractivity contribution in [3.05, 3.63) is 82.1 Å². The lowest BCUT2D eigenvalue weighted by atomic mass is 10.1. The number of carbonyl (C=O) groups excluding carboxylic acids is 1. The zero-order chi connectivity index (χ0) is 20.8. The number of carbonyl (C=O) groups is 1. The van der Waals surface area contributed by atoms with Crippen LogP contribution < -0.4 is 14.8 Å². The summed E-state index contributed by atoms with van der Waals surface area (Å²) in [4.78, 5) is 16.5. The van der Waals surface area contributed by atoms with E-state index >= 15 is 0 Å². The number of rotatable bonds is 7. The molecule has 6 nitrogen and oxygen atoms in total. The predicted octanol–water partition coefficient (Wildman–Crippen LogP) is 4.63. The maximum atomic E-state index is 12.5. The molecule has 0 aliphatic heterocycles. The van der Waals surface area contributed by atoms with Gasteiger partial charge in [0.05, 0.1) is 18.7 Å². The predicted molar refractivity (Wildman–Crippen MR) is 113 cm³/mol. The molecule has 0 bridgehead atoms. The second kappa shape index (κ2) is 9.43. The molecule has 1 amide bonds. The van der Waals surface area contributed by atoms with Gasteiger partial charge in [-0.25, -0.2) is 0 Å². The lowest BCUT2D eigenvalue weighted by molar-refractivity contribution is 0.0937. The summed E-state index contributed by atoms with van der Waals surface area (Å²) in [5.41, 5.74) is 2.05. The normalized spacial score (nSPS) is 11.6. The molecule has 0 aliphatic rings. The SMILES string of the molecule is COc1cc(C(C)NC(=O)c2cc(Br)ccc2O)ccc1OCc1ccncc1. The Hall–Kier alpha value is -3.06. The van der Waals surface area contributed by atoms with Crippen LogP contribution in [-0.2, 0) is 6.61 Å². The van der Waals surface area contributed by atoms with E-state index in [4.69, 9.17) is 9.47 Å². The van der Waals surface area contributed by atoms with Gasteiger partial charge in [-0.05, 0) is 60.5 Å². The second-order valence-electron chi connectivity index (χ2n) is 6.41. The third kappa shape index (κ3) is 5.26. The minimum absolute atomic E-state index is 0.0738. The number of nitrogens with zero attached hydrogens (tertiary/aromatic N) is 1. The molecule has 0 fully saturated rings. The molecule has 3 rings (SSSR count). The van der Waals surface area contributed by atoms with Crippen molar-refractivity contribution in [3.8, 4) is 17.2 Å². The van der Waals surface area contributed by atoms with Gasteiger partial charge < -0.3 is 19.9 Å². The third-order valence-corrected chi connectivity index (χ3v) is 4.88. The molecule has 0 radical (unpaired) electrons. The van der Waals surface area contributed by atoms with E-state index in [1.807, 2.05) is 37.3 Å². The van der Waals surface area contributed by atoms with E-state index in [1.54, 1.807) is 31.6 Å². The van der Waals surface area contributed by atoms with Gasteiger partial charge >= 0.3 is 0 Å². The molecule has 3 aromatic rings. The maximum absolute atomic E-state index is 12.5. The molecule has 29 heavy (non-hydrogen) atoms. The Morgan fingerprint density at radius 2 is 1.90 bits per heavy atom. The number of hydrogen-bond donors (Lipinski definition) is 2. The fourth-order valence-corrected chi connectivity index (χ4v) is 3.12. The highest BCUT2D eigenvalue weighted by Gasteiger charge is 2.17. The van der Waals surface area contributed by atoms with E-state index in [9.17, 15) is 9.90 Å². The van der Waals surface area contributed by atoms with Crippen LogP contribution in [0.25, 0.3) is 0 Å². The fourth-order valence-electron chi connectivity index (χ4n) is 2.76. The van der Waals surface area contributed by atoms with Gasteiger partial charge in [0, 0.05) is 16.9 Å². The van der Waals surface area contributed by atoms with E-state index < -0.39 is 0 Å². The number of phenols is 1. The van der Waals surface area contributed by atoms with E-state index in [-0.39, 0.29) is 23.3 Å². The Kier molecular flexibility index (Phi) is 6.72. The van der Waals surface area contributed by atoms with Crippen molar-refractivity contribution in [2.45, 2.75) is 19.6 Å². The molecule has 0 saturated carbocycles. The summed E-state index contributed by atoms with van der Waals surface area (Å²) in [7, 11) is 1.57. The molecule has 0 spiro atoms. The van der Waals surface area contributed by atoms with Crippen LogP contribution in [-0.4, -0.2) is 23.1 Å². The number of ether oxygens (including phenoxy) is 2. The van der Waals surface area contributed by atoms with Crippen molar-refractivity contribution in [2.75, 3.05) is 7.11 Å². The van der Waals surface area contributed by atoms with E-state index in [0.29, 0.717) is 22.6 Å². The summed E-state index contributed by atoms with van der Waals surface area (Å²) in [6.45, 7) is 2.26. The zero-order valence-electron chi connectivity index (χ0n) is 16.1. The molecule has 0 saturated heterocycles. The van der Waals surface area contributed by atoms with Crippen molar-refractivity contribution in [2.24, 2.45) is 0 Å². The zero-order valence-corrected chi connectivity index (χ0v) is 17.6. The minimum atomic E-state index is -0.367. The van der Waals surface area contributed by atoms with Gasteiger partial charge in [-0.3, -0.25) is 9.78 Å². The van der Waals surface area contributed by atoms with E-state index in [2.05, 4.69) is 26.2 Å². The number of benzene rings is 2. The average molecular weight is 457 g/mol. The minimum Gasteiger partial charge on any atom is -0.507 e. The largest absolute Gasteiger partial charge is 0.507 e. The number of amides is 1. The first-order valence-electron chi connectivity index (χ1n) is 8.97. The van der Waals surface area contributed by atoms with Gasteiger partial charge in [-0.1, -0.05) is 22.0 Å². The highest BCUT2D eigenvalue weighted by atomic mass is 79.9. The summed E-state index contributed by atoms with van der Waals surface area (Å²) in [5, 5.41) is 12.8. The van der Waals surface area contributed by atoms with Gasteiger partial charge in [0.2, 0.25) is 0 Å². The molecule has 1 heterocycles. The van der Waals surface area contributed by atoms with Crippen LogP contribution in [0.5, 0.6) is 17.2 Å². The van der Waals surface area contributed by atoms with Crippen molar-refractivity contribution in [1.82, 2.24) is 10.3 Å². The number of nitrogens with one attached hydrogen (secondary N) is 1. The Balaban J connectivity index is 1.71. The standard InChI is InChI=1S/C22H21BrN2O4/c1-14(25-22(27)18-12-17(23)4-5-19(18)26)16-3-6-20(21(11-16)28-2)29-13-15-7-9-24-10-8-15/h3-12,14,26H,13H2,1-2H3,(H,25,27). The van der Waals surface area contributed by atoms with Gasteiger partial charge in [0.1, 0.15) is 12.4 Å². The van der Waals surface area contributed by atoms with Crippen LogP contribution in [0.4, 0.5) is 0 Å². The van der Waals surface area contributed by atoms with E-state index in [0.717, 1.165) is 11.1 Å². The van der Waals surface area contributed by atoms with Crippen molar-refractivity contribution in [1.29, 1.82) is 0 Å². The van der Waals surface area contributed by atoms with Crippen LogP contribution in [0.15, 0.2) is 65.4 Å². The summed E-state index contributed by atoms with van der Waals surface area (Å²) in [6.07, 6.45) is 3.43. The molecule has 1 unspecified atom stereocenters. The third-order valence-electron chi connectivity index (χ3n) is 4.38. The molecule has 2 aromatic carbocycles. The number of pyridine rings is 1. The van der Waals surface area contributed by atoms with Crippen LogP contribution in [0.2, 0.25) is 0 Å². The lowest BCUT2D eigenvalue weighted by Gasteiger charge is -2.18. The molecule has 7 heteroatoms. The molecule has 2 N–H and O–H groups in total. The van der Waals surface area contributed by atoms with Crippen molar-refractivity contribution in [3.63, 3.8) is 0 Å². The number of methoxy groups -OCH3 is 1. The van der Waals surface area contributed by atoms with Gasteiger partial charge in [0.15, 0.2) is 11.5 Å². The monoisotopic (exact) mass is 456 g/mol. The average Bonchev–Trinajstić information content (AvgIpc) is 2.74. The lowest BCUT2D eigenvalue weighted by Crippen LogP contribution is -2.26. The van der Waals surface area contributed by atoms with Crippen LogP contribution >= 0.6 is 15.9 Å². The molecule has 1 atom stereocenters. The van der Waals surface area contributed by atoms with Crippen LogP contribution in [0.3, 0.4) is 0 Å². The summed E-state index contributed by atoms with van der Waals surface area (Å²) in [5.74, 6) is 0.739. The Labute approximate surface area is 177 Å². The highest BCUT2D eigenvalue weighted by molar-refractivity contribution is 9.10. The van der Waals surface area contributed by atoms with Gasteiger partial charge in [0.25, 0.3) is 5.91 Å². The summed E-state index contributed by atoms with van der Waals surface area (Å²) >= 11 is 3.31. The Morgan fingerprint density at radius 1 is 1.14 bits per heavy atom.